The van der Waals surface area contributed by atoms with Crippen LogP contribution in [0.1, 0.15) is 23.2 Å². The first-order valence-corrected chi connectivity index (χ1v) is 11.3. The van der Waals surface area contributed by atoms with E-state index < -0.39 is 0 Å². The fourth-order valence-corrected chi connectivity index (χ4v) is 5.60. The molecule has 0 atom stereocenters. The first kappa shape index (κ1) is 20.9. The van der Waals surface area contributed by atoms with Crippen LogP contribution in [-0.2, 0) is 0 Å². The van der Waals surface area contributed by atoms with Crippen LogP contribution >= 0.6 is 23.4 Å². The summed E-state index contributed by atoms with van der Waals surface area (Å²) >= 11 is 7.73. The summed E-state index contributed by atoms with van der Waals surface area (Å²) in [7, 11) is 1.60. The summed E-state index contributed by atoms with van der Waals surface area (Å²) in [6, 6.07) is 14.2. The number of likely N-dealkylation sites (tertiary alicyclic amines) is 1. The van der Waals surface area contributed by atoms with E-state index >= 15 is 0 Å². The van der Waals surface area contributed by atoms with E-state index in [0.29, 0.717) is 29.4 Å². The second-order valence-corrected chi connectivity index (χ2v) is 9.30. The minimum Gasteiger partial charge on any atom is -0.497 e. The molecule has 3 amide bonds. The predicted molar refractivity (Wildman–Crippen MR) is 120 cm³/mol. The first-order valence-electron chi connectivity index (χ1n) is 9.92. The molecule has 0 aliphatic carbocycles. The summed E-state index contributed by atoms with van der Waals surface area (Å²) in [6.45, 7) is 1.93. The van der Waals surface area contributed by atoms with E-state index in [9.17, 15) is 9.59 Å². The summed E-state index contributed by atoms with van der Waals surface area (Å²) in [4.78, 5) is 29.4. The van der Waals surface area contributed by atoms with Crippen LogP contribution in [0.25, 0.3) is 0 Å². The monoisotopic (exact) mass is 445 g/mol. The number of methoxy groups -OCH3 is 1. The Labute approximate surface area is 185 Å². The Hall–Kier alpha value is -2.38. The van der Waals surface area contributed by atoms with Crippen molar-refractivity contribution in [2.75, 3.05) is 37.8 Å². The standard InChI is InChI=1S/C22H24ClN3O3S/c1-29-19-4-2-3-16(15-19)20(27)26-13-14-30-22(26)9-11-25(12-10-22)21(28)24-18-7-5-17(23)6-8-18/h2-8,15H,9-14H2,1H3,(H,24,28). The fraction of sp³-hybridized carbons (Fsp3) is 0.364. The van der Waals surface area contributed by atoms with Gasteiger partial charge in [-0.1, -0.05) is 17.7 Å². The van der Waals surface area contributed by atoms with Gasteiger partial charge in [-0.15, -0.1) is 11.8 Å². The van der Waals surface area contributed by atoms with Gasteiger partial charge in [-0.25, -0.2) is 4.79 Å². The minimum atomic E-state index is -0.253. The first-order chi connectivity index (χ1) is 14.5. The number of amides is 3. The maximum atomic E-state index is 13.2. The van der Waals surface area contributed by atoms with E-state index in [1.54, 1.807) is 37.4 Å². The van der Waals surface area contributed by atoms with Gasteiger partial charge in [0.15, 0.2) is 0 Å². The predicted octanol–water partition coefficient (Wildman–Crippen LogP) is 4.56. The molecule has 158 valence electrons. The van der Waals surface area contributed by atoms with Gasteiger partial charge in [-0.2, -0.15) is 0 Å². The molecule has 2 aliphatic rings. The molecule has 2 heterocycles. The van der Waals surface area contributed by atoms with Crippen molar-refractivity contribution in [1.29, 1.82) is 0 Å². The number of carbonyl (C=O) groups is 2. The van der Waals surface area contributed by atoms with Gasteiger partial charge in [-0.05, 0) is 55.3 Å². The van der Waals surface area contributed by atoms with Crippen LogP contribution in [0.15, 0.2) is 48.5 Å². The highest BCUT2D eigenvalue weighted by molar-refractivity contribution is 8.00. The van der Waals surface area contributed by atoms with Crippen molar-refractivity contribution in [3.05, 3.63) is 59.1 Å². The zero-order valence-electron chi connectivity index (χ0n) is 16.8. The molecule has 1 spiro atoms. The molecule has 2 aromatic carbocycles. The average molecular weight is 446 g/mol. The minimum absolute atomic E-state index is 0.0259. The molecule has 0 aromatic heterocycles. The molecule has 30 heavy (non-hydrogen) atoms. The second-order valence-electron chi connectivity index (χ2n) is 7.41. The van der Waals surface area contributed by atoms with E-state index in [0.717, 1.165) is 30.8 Å². The molecule has 8 heteroatoms. The third-order valence-electron chi connectivity index (χ3n) is 5.67. The van der Waals surface area contributed by atoms with Gasteiger partial charge in [-0.3, -0.25) is 4.79 Å². The average Bonchev–Trinajstić information content (AvgIpc) is 3.18. The number of carbonyl (C=O) groups excluding carboxylic acids is 2. The number of nitrogens with one attached hydrogen (secondary N) is 1. The lowest BCUT2D eigenvalue weighted by Crippen LogP contribution is -2.54. The number of rotatable bonds is 3. The number of hydrogen-bond donors (Lipinski definition) is 1. The molecular formula is C22H24ClN3O3S. The maximum Gasteiger partial charge on any atom is 0.321 e. The Kier molecular flexibility index (Phi) is 6.11. The highest BCUT2D eigenvalue weighted by Crippen LogP contribution is 2.44. The van der Waals surface area contributed by atoms with E-state index in [2.05, 4.69) is 5.32 Å². The highest BCUT2D eigenvalue weighted by Gasteiger charge is 2.47. The molecule has 2 aliphatic heterocycles. The van der Waals surface area contributed by atoms with Crippen LogP contribution in [0.4, 0.5) is 10.5 Å². The van der Waals surface area contributed by atoms with Crippen molar-refractivity contribution < 1.29 is 14.3 Å². The quantitative estimate of drug-likeness (QED) is 0.752. The van der Waals surface area contributed by atoms with Gasteiger partial charge < -0.3 is 19.9 Å². The number of piperidine rings is 1. The second kappa shape index (κ2) is 8.78. The molecule has 0 saturated carbocycles. The number of benzene rings is 2. The lowest BCUT2D eigenvalue weighted by molar-refractivity contribution is 0.0585. The van der Waals surface area contributed by atoms with Crippen molar-refractivity contribution in [1.82, 2.24) is 9.80 Å². The SMILES string of the molecule is COc1cccc(C(=O)N2CCSC23CCN(C(=O)Nc2ccc(Cl)cc2)CC3)c1. The van der Waals surface area contributed by atoms with Crippen LogP contribution in [0.2, 0.25) is 5.02 Å². The van der Waals surface area contributed by atoms with Gasteiger partial charge in [0.1, 0.15) is 5.75 Å². The number of urea groups is 1. The van der Waals surface area contributed by atoms with Gasteiger partial charge in [0.25, 0.3) is 5.91 Å². The van der Waals surface area contributed by atoms with Gasteiger partial charge in [0.2, 0.25) is 0 Å². The highest BCUT2D eigenvalue weighted by atomic mass is 35.5. The number of halogens is 1. The number of ether oxygens (including phenoxy) is 1. The summed E-state index contributed by atoms with van der Waals surface area (Å²) in [6.07, 6.45) is 1.50. The fourth-order valence-electron chi connectivity index (χ4n) is 4.02. The van der Waals surface area contributed by atoms with Crippen LogP contribution in [0, 0.1) is 0 Å². The zero-order chi connectivity index (χ0) is 21.1. The summed E-state index contributed by atoms with van der Waals surface area (Å²) in [5, 5.41) is 3.55. The Balaban J connectivity index is 1.41. The third-order valence-corrected chi connectivity index (χ3v) is 7.47. The van der Waals surface area contributed by atoms with Crippen LogP contribution in [0.5, 0.6) is 5.75 Å². The summed E-state index contributed by atoms with van der Waals surface area (Å²) < 4.78 is 5.27. The molecule has 1 N–H and O–H groups in total. The Morgan fingerprint density at radius 1 is 1.10 bits per heavy atom. The Morgan fingerprint density at radius 2 is 1.83 bits per heavy atom. The smallest absolute Gasteiger partial charge is 0.321 e. The largest absolute Gasteiger partial charge is 0.497 e. The van der Waals surface area contributed by atoms with Gasteiger partial charge >= 0.3 is 6.03 Å². The lowest BCUT2D eigenvalue weighted by Gasteiger charge is -2.44. The lowest BCUT2D eigenvalue weighted by atomic mass is 10.0. The zero-order valence-corrected chi connectivity index (χ0v) is 18.3. The normalized spacial score (nSPS) is 17.8. The van der Waals surface area contributed by atoms with Crippen LogP contribution < -0.4 is 10.1 Å². The third kappa shape index (κ3) is 4.23. The number of anilines is 1. The van der Waals surface area contributed by atoms with Crippen molar-refractivity contribution in [3.63, 3.8) is 0 Å². The number of nitrogens with zero attached hydrogens (tertiary/aromatic N) is 2. The summed E-state index contributed by atoms with van der Waals surface area (Å²) in [5.41, 5.74) is 1.36. The molecule has 0 bridgehead atoms. The van der Waals surface area contributed by atoms with Crippen molar-refractivity contribution in [2.24, 2.45) is 0 Å². The maximum absolute atomic E-state index is 13.2. The van der Waals surface area contributed by atoms with Crippen molar-refractivity contribution in [3.8, 4) is 5.75 Å². The summed E-state index contributed by atoms with van der Waals surface area (Å²) in [5.74, 6) is 1.61. The van der Waals surface area contributed by atoms with Crippen LogP contribution in [0.3, 0.4) is 0 Å². The van der Waals surface area contributed by atoms with Gasteiger partial charge in [0, 0.05) is 41.7 Å². The van der Waals surface area contributed by atoms with Crippen molar-refractivity contribution in [2.45, 2.75) is 17.7 Å². The molecule has 6 nitrogen and oxygen atoms in total. The topological polar surface area (TPSA) is 61.9 Å². The van der Waals surface area contributed by atoms with Crippen molar-refractivity contribution >= 4 is 41.0 Å². The van der Waals surface area contributed by atoms with E-state index in [-0.39, 0.29) is 16.8 Å². The molecular weight excluding hydrogens is 422 g/mol. The molecule has 0 unspecified atom stereocenters. The van der Waals surface area contributed by atoms with Gasteiger partial charge in [0.05, 0.1) is 12.0 Å². The number of hydrogen-bond acceptors (Lipinski definition) is 4. The van der Waals surface area contributed by atoms with E-state index in [1.807, 2.05) is 39.8 Å². The Morgan fingerprint density at radius 3 is 2.53 bits per heavy atom. The van der Waals surface area contributed by atoms with E-state index in [1.165, 1.54) is 0 Å². The Bertz CT molecular complexity index is 929. The molecule has 0 radical (unpaired) electrons. The molecule has 4 rings (SSSR count). The number of thioether (sulfide) groups is 1. The molecule has 2 saturated heterocycles. The van der Waals surface area contributed by atoms with E-state index in [4.69, 9.17) is 16.3 Å². The van der Waals surface area contributed by atoms with Crippen LogP contribution in [-0.4, -0.2) is 59.1 Å². The molecule has 2 aromatic rings. The molecule has 2 fully saturated rings.